The largest absolute Gasteiger partial charge is 0.393 e. The Morgan fingerprint density at radius 1 is 0.900 bits per heavy atom. The predicted octanol–water partition coefficient (Wildman–Crippen LogP) is 5.43. The average molecular weight is 276 g/mol. The second-order valence-electron chi connectivity index (χ2n) is 6.05. The van der Waals surface area contributed by atoms with E-state index in [0.29, 0.717) is 0 Å². The minimum atomic E-state index is -0.170. The van der Waals surface area contributed by atoms with Gasteiger partial charge in [0.15, 0.2) is 0 Å². The van der Waals surface area contributed by atoms with E-state index in [-0.39, 0.29) is 6.10 Å². The third kappa shape index (κ3) is 7.69. The number of aliphatic hydroxyl groups excluding tert-OH is 1. The van der Waals surface area contributed by atoms with Crippen molar-refractivity contribution in [1.82, 2.24) is 0 Å². The molecule has 0 amide bonds. The summed E-state index contributed by atoms with van der Waals surface area (Å²) in [6.07, 6.45) is 12.2. The lowest BCUT2D eigenvalue weighted by Gasteiger charge is -2.12. The van der Waals surface area contributed by atoms with Gasteiger partial charge in [0.05, 0.1) is 6.10 Å². The number of aliphatic hydroxyl groups is 1. The highest BCUT2D eigenvalue weighted by molar-refractivity contribution is 5.26. The lowest BCUT2D eigenvalue weighted by Crippen LogP contribution is -2.11. The SMILES string of the molecule is CCCCCCCCCCC(O)Cc1ccccc1C. The van der Waals surface area contributed by atoms with E-state index in [4.69, 9.17) is 0 Å². The van der Waals surface area contributed by atoms with Gasteiger partial charge in [0.25, 0.3) is 0 Å². The van der Waals surface area contributed by atoms with Crippen molar-refractivity contribution in [2.24, 2.45) is 0 Å². The topological polar surface area (TPSA) is 20.2 Å². The first-order valence-corrected chi connectivity index (χ1v) is 8.46. The van der Waals surface area contributed by atoms with E-state index in [2.05, 4.69) is 38.1 Å². The fraction of sp³-hybridized carbons (Fsp3) is 0.684. The van der Waals surface area contributed by atoms with Gasteiger partial charge in [-0.3, -0.25) is 0 Å². The number of benzene rings is 1. The van der Waals surface area contributed by atoms with Crippen molar-refractivity contribution >= 4 is 0 Å². The molecular formula is C19H32O. The van der Waals surface area contributed by atoms with E-state index in [1.54, 1.807) is 0 Å². The summed E-state index contributed by atoms with van der Waals surface area (Å²) in [6.45, 7) is 4.38. The molecule has 0 aromatic heterocycles. The van der Waals surface area contributed by atoms with Crippen LogP contribution in [0.25, 0.3) is 0 Å². The summed E-state index contributed by atoms with van der Waals surface area (Å²) in [5.74, 6) is 0. The van der Waals surface area contributed by atoms with E-state index >= 15 is 0 Å². The molecule has 1 rings (SSSR count). The molecule has 0 heterocycles. The molecule has 1 nitrogen and oxygen atoms in total. The first-order valence-electron chi connectivity index (χ1n) is 8.46. The standard InChI is InChI=1S/C19H32O/c1-3-4-5-6-7-8-9-10-15-19(20)16-18-14-12-11-13-17(18)2/h11-14,19-20H,3-10,15-16H2,1-2H3. The molecule has 0 saturated carbocycles. The Bertz CT molecular complexity index is 345. The third-order valence-electron chi connectivity index (χ3n) is 4.11. The molecule has 1 heteroatoms. The molecule has 0 radical (unpaired) electrons. The van der Waals surface area contributed by atoms with E-state index in [1.165, 1.54) is 62.5 Å². The fourth-order valence-electron chi connectivity index (χ4n) is 2.71. The Balaban J connectivity index is 2.03. The van der Waals surface area contributed by atoms with Crippen LogP contribution in [0.1, 0.15) is 75.8 Å². The first kappa shape index (κ1) is 17.2. The molecule has 1 aromatic rings. The molecule has 1 N–H and O–H groups in total. The van der Waals surface area contributed by atoms with E-state index < -0.39 is 0 Å². The Hall–Kier alpha value is -0.820. The van der Waals surface area contributed by atoms with Crippen molar-refractivity contribution in [3.8, 4) is 0 Å². The maximum absolute atomic E-state index is 10.1. The Morgan fingerprint density at radius 3 is 2.15 bits per heavy atom. The van der Waals surface area contributed by atoms with Gasteiger partial charge in [-0.2, -0.15) is 0 Å². The second kappa shape index (κ2) is 10.9. The summed E-state index contributed by atoms with van der Waals surface area (Å²) >= 11 is 0. The van der Waals surface area contributed by atoms with Gasteiger partial charge >= 0.3 is 0 Å². The van der Waals surface area contributed by atoms with E-state index in [0.717, 1.165) is 12.8 Å². The van der Waals surface area contributed by atoms with Gasteiger partial charge in [-0.05, 0) is 30.9 Å². The summed E-state index contributed by atoms with van der Waals surface area (Å²) in [6, 6.07) is 8.37. The Labute approximate surface area is 125 Å². The van der Waals surface area contributed by atoms with Crippen LogP contribution in [0.15, 0.2) is 24.3 Å². The van der Waals surface area contributed by atoms with Crippen LogP contribution in [-0.4, -0.2) is 11.2 Å². The van der Waals surface area contributed by atoms with Crippen LogP contribution in [0.2, 0.25) is 0 Å². The quantitative estimate of drug-likeness (QED) is 0.534. The maximum Gasteiger partial charge on any atom is 0.0580 e. The van der Waals surface area contributed by atoms with Crippen molar-refractivity contribution < 1.29 is 5.11 Å². The van der Waals surface area contributed by atoms with Crippen LogP contribution < -0.4 is 0 Å². The minimum Gasteiger partial charge on any atom is -0.393 e. The molecule has 1 atom stereocenters. The van der Waals surface area contributed by atoms with Crippen LogP contribution in [0.3, 0.4) is 0 Å². The van der Waals surface area contributed by atoms with Crippen LogP contribution >= 0.6 is 0 Å². The smallest absolute Gasteiger partial charge is 0.0580 e. The van der Waals surface area contributed by atoms with Gasteiger partial charge in [0, 0.05) is 0 Å². The molecule has 114 valence electrons. The molecule has 0 aliphatic carbocycles. The van der Waals surface area contributed by atoms with Gasteiger partial charge in [-0.15, -0.1) is 0 Å². The van der Waals surface area contributed by atoms with Gasteiger partial charge in [-0.25, -0.2) is 0 Å². The summed E-state index contributed by atoms with van der Waals surface area (Å²) in [7, 11) is 0. The zero-order chi connectivity index (χ0) is 14.6. The van der Waals surface area contributed by atoms with Crippen molar-refractivity contribution in [3.05, 3.63) is 35.4 Å². The van der Waals surface area contributed by atoms with Crippen LogP contribution in [0.5, 0.6) is 0 Å². The molecule has 0 bridgehead atoms. The number of aryl methyl sites for hydroxylation is 1. The molecule has 0 saturated heterocycles. The van der Waals surface area contributed by atoms with Gasteiger partial charge < -0.3 is 5.11 Å². The monoisotopic (exact) mass is 276 g/mol. The summed E-state index contributed by atoms with van der Waals surface area (Å²) in [4.78, 5) is 0. The minimum absolute atomic E-state index is 0.170. The highest BCUT2D eigenvalue weighted by Gasteiger charge is 2.06. The predicted molar refractivity (Wildman–Crippen MR) is 88.1 cm³/mol. The van der Waals surface area contributed by atoms with Crippen LogP contribution in [-0.2, 0) is 6.42 Å². The molecule has 1 unspecified atom stereocenters. The normalized spacial score (nSPS) is 12.6. The van der Waals surface area contributed by atoms with Crippen LogP contribution in [0.4, 0.5) is 0 Å². The van der Waals surface area contributed by atoms with E-state index in [9.17, 15) is 5.11 Å². The molecule has 0 spiro atoms. The highest BCUT2D eigenvalue weighted by Crippen LogP contribution is 2.14. The summed E-state index contributed by atoms with van der Waals surface area (Å²) in [5.41, 5.74) is 2.59. The first-order chi connectivity index (χ1) is 9.74. The molecule has 0 aliphatic rings. The number of unbranched alkanes of at least 4 members (excludes halogenated alkanes) is 7. The van der Waals surface area contributed by atoms with Crippen molar-refractivity contribution in [3.63, 3.8) is 0 Å². The third-order valence-corrected chi connectivity index (χ3v) is 4.11. The Kier molecular flexibility index (Phi) is 9.40. The second-order valence-corrected chi connectivity index (χ2v) is 6.05. The average Bonchev–Trinajstić information content (AvgIpc) is 2.44. The summed E-state index contributed by atoms with van der Waals surface area (Å²) in [5, 5.41) is 10.1. The van der Waals surface area contributed by atoms with E-state index in [1.807, 2.05) is 0 Å². The number of hydrogen-bond donors (Lipinski definition) is 1. The lowest BCUT2D eigenvalue weighted by molar-refractivity contribution is 0.160. The zero-order valence-corrected chi connectivity index (χ0v) is 13.4. The number of rotatable bonds is 11. The molecule has 20 heavy (non-hydrogen) atoms. The van der Waals surface area contributed by atoms with Crippen molar-refractivity contribution in [2.75, 3.05) is 0 Å². The number of hydrogen-bond acceptors (Lipinski definition) is 1. The van der Waals surface area contributed by atoms with Gasteiger partial charge in [0.2, 0.25) is 0 Å². The van der Waals surface area contributed by atoms with Gasteiger partial charge in [0.1, 0.15) is 0 Å². The molecule has 0 fully saturated rings. The molecule has 1 aromatic carbocycles. The Morgan fingerprint density at radius 2 is 1.50 bits per heavy atom. The zero-order valence-electron chi connectivity index (χ0n) is 13.4. The van der Waals surface area contributed by atoms with Crippen LogP contribution in [0, 0.1) is 6.92 Å². The van der Waals surface area contributed by atoms with Gasteiger partial charge in [-0.1, -0.05) is 82.6 Å². The summed E-state index contributed by atoms with van der Waals surface area (Å²) < 4.78 is 0. The van der Waals surface area contributed by atoms with Crippen molar-refractivity contribution in [1.29, 1.82) is 0 Å². The lowest BCUT2D eigenvalue weighted by atomic mass is 9.99. The molecular weight excluding hydrogens is 244 g/mol. The van der Waals surface area contributed by atoms with Crippen molar-refractivity contribution in [2.45, 2.75) is 84.2 Å². The fourth-order valence-corrected chi connectivity index (χ4v) is 2.71. The maximum atomic E-state index is 10.1. The molecule has 0 aliphatic heterocycles. The highest BCUT2D eigenvalue weighted by atomic mass is 16.3.